The Balaban J connectivity index is 2.01. The first-order valence-electron chi connectivity index (χ1n) is 7.50. The summed E-state index contributed by atoms with van der Waals surface area (Å²) in [5, 5.41) is 3.96. The van der Waals surface area contributed by atoms with Crippen molar-refractivity contribution in [1.29, 1.82) is 0 Å². The van der Waals surface area contributed by atoms with Crippen molar-refractivity contribution in [3.8, 4) is 5.75 Å². The first kappa shape index (κ1) is 17.3. The van der Waals surface area contributed by atoms with Gasteiger partial charge in [0.2, 0.25) is 0 Å². The van der Waals surface area contributed by atoms with Gasteiger partial charge in [0.1, 0.15) is 5.75 Å². The Bertz CT molecular complexity index is 684. The Labute approximate surface area is 141 Å². The monoisotopic (exact) mass is 333 g/mol. The van der Waals surface area contributed by atoms with Gasteiger partial charge in [-0.05, 0) is 26.8 Å². The van der Waals surface area contributed by atoms with Crippen LogP contribution in [0.15, 0.2) is 24.3 Å². The second kappa shape index (κ2) is 7.46. The Morgan fingerprint density at radius 1 is 1.39 bits per heavy atom. The minimum absolute atomic E-state index is 0.0149. The van der Waals surface area contributed by atoms with Crippen LogP contribution in [0.4, 0.5) is 4.79 Å². The van der Waals surface area contributed by atoms with Crippen LogP contribution in [0.3, 0.4) is 0 Å². The third kappa shape index (κ3) is 4.01. The van der Waals surface area contributed by atoms with E-state index < -0.39 is 0 Å². The van der Waals surface area contributed by atoms with Gasteiger partial charge in [-0.3, -0.25) is 0 Å². The number of benzene rings is 1. The van der Waals surface area contributed by atoms with Crippen LogP contribution in [0.5, 0.6) is 5.75 Å². The number of nitrogens with zero attached hydrogens (tertiary/aromatic N) is 2. The minimum atomic E-state index is -0.117. The lowest BCUT2D eigenvalue weighted by Crippen LogP contribution is -2.38. The predicted molar refractivity (Wildman–Crippen MR) is 93.0 cm³/mol. The number of methoxy groups -OCH3 is 1. The second-order valence-corrected chi connectivity index (χ2v) is 6.67. The zero-order chi connectivity index (χ0) is 17.0. The van der Waals surface area contributed by atoms with Gasteiger partial charge in [0.15, 0.2) is 0 Å². The molecule has 2 rings (SSSR count). The largest absolute Gasteiger partial charge is 0.496 e. The fourth-order valence-electron chi connectivity index (χ4n) is 2.43. The van der Waals surface area contributed by atoms with Crippen LogP contribution >= 0.6 is 11.3 Å². The highest BCUT2D eigenvalue weighted by Crippen LogP contribution is 2.28. The van der Waals surface area contributed by atoms with E-state index in [2.05, 4.69) is 10.3 Å². The summed E-state index contributed by atoms with van der Waals surface area (Å²) in [7, 11) is 3.43. The summed E-state index contributed by atoms with van der Waals surface area (Å²) in [5.41, 5.74) is 1.94. The topological polar surface area (TPSA) is 54.5 Å². The van der Waals surface area contributed by atoms with Crippen LogP contribution in [-0.2, 0) is 6.54 Å². The van der Waals surface area contributed by atoms with Crippen molar-refractivity contribution in [1.82, 2.24) is 15.2 Å². The highest BCUT2D eigenvalue weighted by atomic mass is 32.1. The van der Waals surface area contributed by atoms with Gasteiger partial charge in [-0.25, -0.2) is 9.78 Å². The quantitative estimate of drug-likeness (QED) is 0.908. The third-order valence-electron chi connectivity index (χ3n) is 3.84. The van der Waals surface area contributed by atoms with Gasteiger partial charge in [-0.2, -0.15) is 0 Å². The van der Waals surface area contributed by atoms with E-state index in [1.807, 2.05) is 45.0 Å². The zero-order valence-corrected chi connectivity index (χ0v) is 15.0. The molecule has 0 bridgehead atoms. The van der Waals surface area contributed by atoms with Gasteiger partial charge in [0, 0.05) is 24.0 Å². The van der Waals surface area contributed by atoms with Crippen LogP contribution in [0.2, 0.25) is 0 Å². The molecular formula is C17H23N3O2S. The van der Waals surface area contributed by atoms with E-state index in [-0.39, 0.29) is 12.1 Å². The third-order valence-corrected chi connectivity index (χ3v) is 5.09. The highest BCUT2D eigenvalue weighted by Gasteiger charge is 2.21. The Hall–Kier alpha value is -2.08. The van der Waals surface area contributed by atoms with Crippen molar-refractivity contribution in [3.05, 3.63) is 45.4 Å². The molecule has 6 heteroatoms. The molecule has 0 saturated heterocycles. The van der Waals surface area contributed by atoms with E-state index in [1.165, 1.54) is 0 Å². The van der Waals surface area contributed by atoms with Gasteiger partial charge in [-0.1, -0.05) is 18.2 Å². The highest BCUT2D eigenvalue weighted by molar-refractivity contribution is 7.11. The molecule has 1 atom stereocenters. The normalized spacial score (nSPS) is 11.9. The lowest BCUT2D eigenvalue weighted by atomic mass is 10.2. The summed E-state index contributed by atoms with van der Waals surface area (Å²) in [5.74, 6) is 0.775. The van der Waals surface area contributed by atoms with Crippen molar-refractivity contribution in [2.45, 2.75) is 33.4 Å². The molecule has 1 aromatic heterocycles. The molecule has 0 aliphatic rings. The molecule has 5 nitrogen and oxygen atoms in total. The molecule has 0 fully saturated rings. The second-order valence-electron chi connectivity index (χ2n) is 5.44. The lowest BCUT2D eigenvalue weighted by molar-refractivity contribution is 0.194. The number of thiazole rings is 1. The molecular weight excluding hydrogens is 310 g/mol. The maximum absolute atomic E-state index is 12.4. The first-order chi connectivity index (χ1) is 10.9. The lowest BCUT2D eigenvalue weighted by Gasteiger charge is -2.25. The average Bonchev–Trinajstić information content (AvgIpc) is 2.89. The van der Waals surface area contributed by atoms with E-state index in [1.54, 1.807) is 30.4 Å². The molecule has 124 valence electrons. The molecule has 0 aliphatic carbocycles. The van der Waals surface area contributed by atoms with Crippen molar-refractivity contribution >= 4 is 17.4 Å². The van der Waals surface area contributed by atoms with Crippen LogP contribution in [0, 0.1) is 13.8 Å². The number of rotatable bonds is 5. The molecule has 1 N–H and O–H groups in total. The maximum Gasteiger partial charge on any atom is 0.317 e. The SMILES string of the molecule is COc1ccccc1CNC(=O)N(C)C(C)c1sc(C)nc1C. The number of aromatic nitrogens is 1. The maximum atomic E-state index is 12.4. The Kier molecular flexibility index (Phi) is 5.60. The van der Waals surface area contributed by atoms with E-state index in [9.17, 15) is 4.79 Å². The summed E-state index contributed by atoms with van der Waals surface area (Å²) >= 11 is 1.64. The molecule has 2 amide bonds. The molecule has 0 saturated carbocycles. The van der Waals surface area contributed by atoms with Crippen molar-refractivity contribution in [3.63, 3.8) is 0 Å². The van der Waals surface area contributed by atoms with Gasteiger partial charge < -0.3 is 15.0 Å². The number of aryl methyl sites for hydroxylation is 2. The van der Waals surface area contributed by atoms with Gasteiger partial charge >= 0.3 is 6.03 Å². The fourth-order valence-corrected chi connectivity index (χ4v) is 3.45. The summed E-state index contributed by atoms with van der Waals surface area (Å²) < 4.78 is 5.30. The number of nitrogens with one attached hydrogen (secondary N) is 1. The smallest absolute Gasteiger partial charge is 0.317 e. The summed E-state index contributed by atoms with van der Waals surface area (Å²) in [6, 6.07) is 7.54. The number of amides is 2. The van der Waals surface area contributed by atoms with Gasteiger partial charge in [0.25, 0.3) is 0 Å². The summed E-state index contributed by atoms with van der Waals surface area (Å²) in [6.45, 7) is 6.41. The van der Waals surface area contributed by atoms with Crippen LogP contribution < -0.4 is 10.1 Å². The number of carbonyl (C=O) groups excluding carboxylic acids is 1. The molecule has 2 aromatic rings. The molecule has 0 radical (unpaired) electrons. The van der Waals surface area contributed by atoms with Gasteiger partial charge in [0.05, 0.1) is 23.9 Å². The number of urea groups is 1. The molecule has 1 heterocycles. The molecule has 0 aliphatic heterocycles. The van der Waals surface area contributed by atoms with Gasteiger partial charge in [-0.15, -0.1) is 11.3 Å². The molecule has 1 unspecified atom stereocenters. The summed E-state index contributed by atoms with van der Waals surface area (Å²) in [6.07, 6.45) is 0. The van der Waals surface area contributed by atoms with Crippen LogP contribution in [-0.4, -0.2) is 30.1 Å². The van der Waals surface area contributed by atoms with E-state index in [4.69, 9.17) is 4.74 Å². The van der Waals surface area contributed by atoms with Crippen molar-refractivity contribution in [2.24, 2.45) is 0 Å². The Morgan fingerprint density at radius 3 is 2.70 bits per heavy atom. The number of carbonyl (C=O) groups is 1. The average molecular weight is 333 g/mol. The van der Waals surface area contributed by atoms with Crippen molar-refractivity contribution < 1.29 is 9.53 Å². The number of hydrogen-bond donors (Lipinski definition) is 1. The minimum Gasteiger partial charge on any atom is -0.496 e. The first-order valence-corrected chi connectivity index (χ1v) is 8.32. The van der Waals surface area contributed by atoms with E-state index in [0.29, 0.717) is 6.54 Å². The number of ether oxygens (including phenoxy) is 1. The fraction of sp³-hybridized carbons (Fsp3) is 0.412. The van der Waals surface area contributed by atoms with E-state index in [0.717, 1.165) is 26.9 Å². The molecule has 23 heavy (non-hydrogen) atoms. The summed E-state index contributed by atoms with van der Waals surface area (Å²) in [4.78, 5) is 19.7. The number of hydrogen-bond acceptors (Lipinski definition) is 4. The standard InChI is InChI=1S/C17H23N3O2S/c1-11-16(23-13(3)19-11)12(2)20(4)17(21)18-10-14-8-6-7-9-15(14)22-5/h6-9,12H,10H2,1-5H3,(H,18,21). The van der Waals surface area contributed by atoms with Crippen LogP contribution in [0.25, 0.3) is 0 Å². The van der Waals surface area contributed by atoms with E-state index >= 15 is 0 Å². The number of para-hydroxylation sites is 1. The zero-order valence-electron chi connectivity index (χ0n) is 14.2. The Morgan fingerprint density at radius 2 is 2.09 bits per heavy atom. The van der Waals surface area contributed by atoms with Crippen LogP contribution in [0.1, 0.15) is 34.1 Å². The molecule has 1 aromatic carbocycles. The molecule has 0 spiro atoms. The van der Waals surface area contributed by atoms with Crippen molar-refractivity contribution in [2.75, 3.05) is 14.2 Å². The predicted octanol–water partition coefficient (Wildman–Crippen LogP) is 3.67.